The lowest BCUT2D eigenvalue weighted by atomic mass is 9.75. The van der Waals surface area contributed by atoms with Crippen LogP contribution in [-0.4, -0.2) is 25.8 Å². The molecule has 21 heavy (non-hydrogen) atoms. The predicted molar refractivity (Wildman–Crippen MR) is 89.6 cm³/mol. The van der Waals surface area contributed by atoms with Crippen molar-refractivity contribution in [3.63, 3.8) is 0 Å². The lowest BCUT2D eigenvalue weighted by molar-refractivity contribution is 0.141. The number of anilines is 1. The van der Waals surface area contributed by atoms with Gasteiger partial charge in [0.25, 0.3) is 0 Å². The Balaban J connectivity index is 2.22. The SMILES string of the molecule is CCC1(CC)CCN(S(=O)(=O)c2ccc(N)cc2Br)CC1. The van der Waals surface area contributed by atoms with E-state index in [1.54, 1.807) is 22.5 Å². The Labute approximate surface area is 135 Å². The highest BCUT2D eigenvalue weighted by Crippen LogP contribution is 2.39. The fourth-order valence-corrected chi connectivity index (χ4v) is 5.52. The third kappa shape index (κ3) is 3.27. The number of hydrogen-bond donors (Lipinski definition) is 1. The highest BCUT2D eigenvalue weighted by molar-refractivity contribution is 9.10. The van der Waals surface area contributed by atoms with Gasteiger partial charge in [0.2, 0.25) is 10.0 Å². The molecule has 0 aromatic heterocycles. The summed E-state index contributed by atoms with van der Waals surface area (Å²) in [7, 11) is -3.45. The zero-order valence-corrected chi connectivity index (χ0v) is 15.0. The number of nitrogens with zero attached hydrogens (tertiary/aromatic N) is 1. The molecule has 0 unspecified atom stereocenters. The molecule has 6 heteroatoms. The molecule has 0 bridgehead atoms. The first-order chi connectivity index (χ1) is 9.84. The molecule has 1 aromatic rings. The van der Waals surface area contributed by atoms with E-state index >= 15 is 0 Å². The van der Waals surface area contributed by atoms with Crippen LogP contribution in [0.2, 0.25) is 0 Å². The van der Waals surface area contributed by atoms with Crippen molar-refractivity contribution in [1.29, 1.82) is 0 Å². The molecule has 1 saturated heterocycles. The first kappa shape index (κ1) is 16.8. The Bertz CT molecular complexity index is 602. The molecule has 0 saturated carbocycles. The van der Waals surface area contributed by atoms with Crippen molar-refractivity contribution in [2.45, 2.75) is 44.4 Å². The largest absolute Gasteiger partial charge is 0.399 e. The molecule has 0 radical (unpaired) electrons. The molecule has 1 aliphatic heterocycles. The minimum atomic E-state index is -3.45. The molecule has 2 N–H and O–H groups in total. The second-order valence-corrected chi connectivity index (χ2v) is 8.56. The number of piperidine rings is 1. The van der Waals surface area contributed by atoms with Gasteiger partial charge in [-0.15, -0.1) is 0 Å². The molecule has 1 heterocycles. The average Bonchev–Trinajstić information content (AvgIpc) is 2.47. The third-order valence-corrected chi connectivity index (χ3v) is 7.73. The zero-order valence-electron chi connectivity index (χ0n) is 12.6. The molecule has 118 valence electrons. The monoisotopic (exact) mass is 374 g/mol. The van der Waals surface area contributed by atoms with Crippen LogP contribution in [0.5, 0.6) is 0 Å². The van der Waals surface area contributed by atoms with Crippen molar-refractivity contribution in [1.82, 2.24) is 4.31 Å². The summed E-state index contributed by atoms with van der Waals surface area (Å²) >= 11 is 3.31. The normalized spacial score (nSPS) is 19.6. The predicted octanol–water partition coefficient (Wildman–Crippen LogP) is 3.62. The number of sulfonamides is 1. The van der Waals surface area contributed by atoms with E-state index < -0.39 is 10.0 Å². The van der Waals surface area contributed by atoms with Gasteiger partial charge in [0, 0.05) is 23.2 Å². The highest BCUT2D eigenvalue weighted by atomic mass is 79.9. The Hall–Kier alpha value is -0.590. The molecule has 0 atom stereocenters. The van der Waals surface area contributed by atoms with Crippen LogP contribution in [0.25, 0.3) is 0 Å². The van der Waals surface area contributed by atoms with Gasteiger partial charge < -0.3 is 5.73 Å². The second-order valence-electron chi connectivity index (χ2n) is 5.80. The van der Waals surface area contributed by atoms with E-state index in [1.807, 2.05) is 0 Å². The molecule has 0 spiro atoms. The first-order valence-electron chi connectivity index (χ1n) is 7.40. The van der Waals surface area contributed by atoms with Gasteiger partial charge in [-0.05, 0) is 52.4 Å². The van der Waals surface area contributed by atoms with Crippen LogP contribution in [0.1, 0.15) is 39.5 Å². The quantitative estimate of drug-likeness (QED) is 0.818. The molecule has 1 aromatic carbocycles. The molecular formula is C15H23BrN2O2S. The Kier molecular flexibility index (Phi) is 5.00. The van der Waals surface area contributed by atoms with Crippen molar-refractivity contribution < 1.29 is 8.42 Å². The van der Waals surface area contributed by atoms with Crippen LogP contribution >= 0.6 is 15.9 Å². The van der Waals surface area contributed by atoms with Gasteiger partial charge in [-0.3, -0.25) is 0 Å². The van der Waals surface area contributed by atoms with Crippen molar-refractivity contribution in [2.75, 3.05) is 18.8 Å². The Morgan fingerprint density at radius 3 is 2.29 bits per heavy atom. The van der Waals surface area contributed by atoms with Gasteiger partial charge in [0.05, 0.1) is 4.90 Å². The number of nitrogen functional groups attached to an aromatic ring is 1. The number of hydrogen-bond acceptors (Lipinski definition) is 3. The number of rotatable bonds is 4. The zero-order chi connectivity index (χ0) is 15.7. The third-order valence-electron chi connectivity index (χ3n) is 4.86. The van der Waals surface area contributed by atoms with Crippen molar-refractivity contribution >= 4 is 31.6 Å². The van der Waals surface area contributed by atoms with Crippen LogP contribution < -0.4 is 5.73 Å². The van der Waals surface area contributed by atoms with Crippen LogP contribution in [0.3, 0.4) is 0 Å². The molecule has 0 amide bonds. The summed E-state index contributed by atoms with van der Waals surface area (Å²) in [6.07, 6.45) is 4.10. The Morgan fingerprint density at radius 2 is 1.81 bits per heavy atom. The molecule has 2 rings (SSSR count). The van der Waals surface area contributed by atoms with Gasteiger partial charge >= 0.3 is 0 Å². The van der Waals surface area contributed by atoms with E-state index in [0.717, 1.165) is 25.7 Å². The minimum Gasteiger partial charge on any atom is -0.399 e. The van der Waals surface area contributed by atoms with E-state index in [0.29, 0.717) is 33.6 Å². The van der Waals surface area contributed by atoms with Gasteiger partial charge in [0.1, 0.15) is 0 Å². The van der Waals surface area contributed by atoms with E-state index in [9.17, 15) is 8.42 Å². The molecule has 1 aliphatic rings. The van der Waals surface area contributed by atoms with Gasteiger partial charge in [-0.1, -0.05) is 26.7 Å². The van der Waals surface area contributed by atoms with Crippen molar-refractivity contribution in [3.05, 3.63) is 22.7 Å². The smallest absolute Gasteiger partial charge is 0.244 e. The summed E-state index contributed by atoms with van der Waals surface area (Å²) < 4.78 is 27.7. The average molecular weight is 375 g/mol. The maximum Gasteiger partial charge on any atom is 0.244 e. The topological polar surface area (TPSA) is 63.4 Å². The van der Waals surface area contributed by atoms with Crippen molar-refractivity contribution in [2.24, 2.45) is 5.41 Å². The summed E-state index contributed by atoms with van der Waals surface area (Å²) in [6, 6.07) is 4.85. The maximum atomic E-state index is 12.8. The van der Waals surface area contributed by atoms with E-state index in [1.165, 1.54) is 0 Å². The fraction of sp³-hybridized carbons (Fsp3) is 0.600. The van der Waals surface area contributed by atoms with E-state index in [2.05, 4.69) is 29.8 Å². The van der Waals surface area contributed by atoms with E-state index in [-0.39, 0.29) is 0 Å². The number of nitrogens with two attached hydrogens (primary N) is 1. The lowest BCUT2D eigenvalue weighted by Gasteiger charge is -2.40. The van der Waals surface area contributed by atoms with Crippen LogP contribution in [0, 0.1) is 5.41 Å². The number of benzene rings is 1. The summed E-state index contributed by atoms with van der Waals surface area (Å²) in [4.78, 5) is 0.303. The summed E-state index contributed by atoms with van der Waals surface area (Å²) in [5, 5.41) is 0. The summed E-state index contributed by atoms with van der Waals surface area (Å²) in [6.45, 7) is 5.59. The molecule has 0 aliphatic carbocycles. The van der Waals surface area contributed by atoms with Gasteiger partial charge in [-0.2, -0.15) is 4.31 Å². The van der Waals surface area contributed by atoms with Gasteiger partial charge in [-0.25, -0.2) is 8.42 Å². The van der Waals surface area contributed by atoms with Crippen LogP contribution in [0.15, 0.2) is 27.6 Å². The maximum absolute atomic E-state index is 12.8. The first-order valence-corrected chi connectivity index (χ1v) is 9.63. The minimum absolute atomic E-state index is 0.303. The molecule has 1 fully saturated rings. The highest BCUT2D eigenvalue weighted by Gasteiger charge is 2.36. The standard InChI is InChI=1S/C15H23BrN2O2S/c1-3-15(4-2)7-9-18(10-8-15)21(19,20)14-6-5-12(17)11-13(14)16/h5-6,11H,3-4,7-10,17H2,1-2H3. The Morgan fingerprint density at radius 1 is 1.24 bits per heavy atom. The summed E-state index contributed by atoms with van der Waals surface area (Å²) in [5.41, 5.74) is 6.54. The fourth-order valence-electron chi connectivity index (χ4n) is 3.02. The molecule has 4 nitrogen and oxygen atoms in total. The number of halogens is 1. The van der Waals surface area contributed by atoms with Gasteiger partial charge in [0.15, 0.2) is 0 Å². The van der Waals surface area contributed by atoms with E-state index in [4.69, 9.17) is 5.73 Å². The summed E-state index contributed by atoms with van der Waals surface area (Å²) in [5.74, 6) is 0. The van der Waals surface area contributed by atoms with Crippen LogP contribution in [0.4, 0.5) is 5.69 Å². The van der Waals surface area contributed by atoms with Crippen molar-refractivity contribution in [3.8, 4) is 0 Å². The second kappa shape index (κ2) is 6.26. The lowest BCUT2D eigenvalue weighted by Crippen LogP contribution is -2.42. The molecular weight excluding hydrogens is 352 g/mol. The van der Waals surface area contributed by atoms with Crippen LogP contribution in [-0.2, 0) is 10.0 Å².